The number of alkyl carbamates (subject to hydrolysis) is 1. The Morgan fingerprint density at radius 2 is 1.89 bits per heavy atom. The molecule has 154 valence electrons. The summed E-state index contributed by atoms with van der Waals surface area (Å²) in [5, 5.41) is 11.7. The van der Waals surface area contributed by atoms with Crippen LogP contribution in [0.4, 0.5) is 10.5 Å². The standard InChI is InChI=1S/C19H26N2O7/c1-18(2,3)28-17(25)20-12-10-26-14-8-7-11(27-19(4,5)16(23)24)9-13(14)21(6)15(12)22/h7-9,12H,10H2,1-6H3,(H,20,25)(H,23,24)/t12-/m0/s1. The number of likely N-dealkylation sites (N-methyl/N-ethyl adjacent to an activating group) is 1. The van der Waals surface area contributed by atoms with Crippen LogP contribution in [-0.4, -0.2) is 54.0 Å². The molecule has 2 N–H and O–H groups in total. The van der Waals surface area contributed by atoms with Gasteiger partial charge in [0.05, 0.1) is 5.69 Å². The average Bonchev–Trinajstić information content (AvgIpc) is 2.65. The third-order valence-electron chi connectivity index (χ3n) is 3.90. The Kier molecular flexibility index (Phi) is 5.77. The first kappa shape index (κ1) is 21.3. The Morgan fingerprint density at radius 3 is 2.46 bits per heavy atom. The number of carbonyl (C=O) groups excluding carboxylic acids is 2. The highest BCUT2D eigenvalue weighted by molar-refractivity contribution is 6.00. The van der Waals surface area contributed by atoms with Gasteiger partial charge in [0.15, 0.2) is 5.60 Å². The van der Waals surface area contributed by atoms with Gasteiger partial charge >= 0.3 is 12.1 Å². The molecule has 2 rings (SSSR count). The molecule has 0 aliphatic carbocycles. The second kappa shape index (κ2) is 7.57. The van der Waals surface area contributed by atoms with Gasteiger partial charge in [-0.2, -0.15) is 0 Å². The van der Waals surface area contributed by atoms with Crippen LogP contribution in [0.5, 0.6) is 11.5 Å². The van der Waals surface area contributed by atoms with Gasteiger partial charge in [0.1, 0.15) is 29.7 Å². The van der Waals surface area contributed by atoms with Gasteiger partial charge < -0.3 is 29.5 Å². The van der Waals surface area contributed by atoms with E-state index in [0.717, 1.165) is 0 Å². The van der Waals surface area contributed by atoms with Crippen LogP contribution in [0, 0.1) is 0 Å². The lowest BCUT2D eigenvalue weighted by molar-refractivity contribution is -0.152. The maximum atomic E-state index is 12.8. The highest BCUT2D eigenvalue weighted by atomic mass is 16.6. The monoisotopic (exact) mass is 394 g/mol. The smallest absolute Gasteiger partial charge is 0.408 e. The summed E-state index contributed by atoms with van der Waals surface area (Å²) in [5.74, 6) is -0.846. The van der Waals surface area contributed by atoms with Gasteiger partial charge in [0.25, 0.3) is 5.91 Å². The second-order valence-corrected chi connectivity index (χ2v) is 7.95. The van der Waals surface area contributed by atoms with Crippen molar-refractivity contribution >= 4 is 23.7 Å². The molecule has 1 aliphatic rings. The molecule has 0 saturated carbocycles. The Morgan fingerprint density at radius 1 is 1.25 bits per heavy atom. The first-order valence-electron chi connectivity index (χ1n) is 8.76. The number of nitrogens with one attached hydrogen (secondary N) is 1. The molecule has 0 aromatic heterocycles. The molecule has 0 unspecified atom stereocenters. The second-order valence-electron chi connectivity index (χ2n) is 7.95. The highest BCUT2D eigenvalue weighted by Crippen LogP contribution is 2.35. The fourth-order valence-electron chi connectivity index (χ4n) is 2.43. The van der Waals surface area contributed by atoms with E-state index in [1.807, 2.05) is 0 Å². The van der Waals surface area contributed by atoms with E-state index in [1.165, 1.54) is 31.9 Å². The molecule has 9 heteroatoms. The van der Waals surface area contributed by atoms with Gasteiger partial charge in [-0.05, 0) is 46.8 Å². The molecule has 28 heavy (non-hydrogen) atoms. The van der Waals surface area contributed by atoms with Gasteiger partial charge in [0, 0.05) is 13.1 Å². The Balaban J connectivity index is 2.20. The number of anilines is 1. The summed E-state index contributed by atoms with van der Waals surface area (Å²) in [6.45, 7) is 7.94. The van der Waals surface area contributed by atoms with Crippen molar-refractivity contribution < 1.29 is 33.7 Å². The number of carboxylic acids is 1. The summed E-state index contributed by atoms with van der Waals surface area (Å²) in [6, 6.07) is 3.73. The van der Waals surface area contributed by atoms with Crippen molar-refractivity contribution in [3.8, 4) is 11.5 Å². The van der Waals surface area contributed by atoms with Gasteiger partial charge in [0.2, 0.25) is 0 Å². The van der Waals surface area contributed by atoms with Crippen molar-refractivity contribution in [2.24, 2.45) is 0 Å². The zero-order valence-electron chi connectivity index (χ0n) is 16.9. The maximum absolute atomic E-state index is 12.8. The predicted molar refractivity (Wildman–Crippen MR) is 101 cm³/mol. The van der Waals surface area contributed by atoms with Crippen LogP contribution in [0.1, 0.15) is 34.6 Å². The van der Waals surface area contributed by atoms with E-state index in [9.17, 15) is 19.5 Å². The summed E-state index contributed by atoms with van der Waals surface area (Å²) < 4.78 is 16.4. The molecule has 0 saturated heterocycles. The van der Waals surface area contributed by atoms with Crippen LogP contribution in [0.15, 0.2) is 18.2 Å². The molecule has 1 atom stereocenters. The molecule has 0 bridgehead atoms. The molecule has 0 spiro atoms. The normalized spacial score (nSPS) is 17.1. The van der Waals surface area contributed by atoms with E-state index in [-0.39, 0.29) is 12.4 Å². The van der Waals surface area contributed by atoms with Gasteiger partial charge in [-0.25, -0.2) is 9.59 Å². The quantitative estimate of drug-likeness (QED) is 0.804. The number of ether oxygens (including phenoxy) is 3. The molecule has 1 aromatic carbocycles. The number of nitrogens with zero attached hydrogens (tertiary/aromatic N) is 1. The van der Waals surface area contributed by atoms with E-state index in [0.29, 0.717) is 11.4 Å². The summed E-state index contributed by atoms with van der Waals surface area (Å²) in [4.78, 5) is 37.3. The number of amides is 2. The number of fused-ring (bicyclic) bond motifs is 1. The lowest BCUT2D eigenvalue weighted by Gasteiger charge is -2.24. The van der Waals surface area contributed by atoms with Gasteiger partial charge in [-0.15, -0.1) is 0 Å². The van der Waals surface area contributed by atoms with Crippen LogP contribution in [0.3, 0.4) is 0 Å². The third-order valence-corrected chi connectivity index (χ3v) is 3.90. The highest BCUT2D eigenvalue weighted by Gasteiger charge is 2.33. The minimum absolute atomic E-state index is 0.0732. The van der Waals surface area contributed by atoms with Crippen molar-refractivity contribution in [3.63, 3.8) is 0 Å². The fraction of sp³-hybridized carbons (Fsp3) is 0.526. The van der Waals surface area contributed by atoms with Crippen LogP contribution >= 0.6 is 0 Å². The fourth-order valence-corrected chi connectivity index (χ4v) is 2.43. The minimum atomic E-state index is -1.44. The minimum Gasteiger partial charge on any atom is -0.489 e. The largest absolute Gasteiger partial charge is 0.489 e. The summed E-state index contributed by atoms with van der Waals surface area (Å²) >= 11 is 0. The number of rotatable bonds is 4. The predicted octanol–water partition coefficient (Wildman–Crippen LogP) is 2.18. The lowest BCUT2D eigenvalue weighted by atomic mass is 10.1. The van der Waals surface area contributed by atoms with Gasteiger partial charge in [-0.1, -0.05) is 0 Å². The zero-order chi connectivity index (χ0) is 21.3. The number of carboxylic acid groups (broad SMARTS) is 1. The van der Waals surface area contributed by atoms with Crippen LogP contribution in [0.25, 0.3) is 0 Å². The number of carbonyl (C=O) groups is 3. The number of hydrogen-bond acceptors (Lipinski definition) is 6. The number of benzene rings is 1. The summed E-state index contributed by atoms with van der Waals surface area (Å²) in [6.07, 6.45) is -0.721. The summed E-state index contributed by atoms with van der Waals surface area (Å²) in [7, 11) is 1.53. The average molecular weight is 394 g/mol. The lowest BCUT2D eigenvalue weighted by Crippen LogP contribution is -2.50. The number of aliphatic carboxylic acids is 1. The Labute approximate surface area is 163 Å². The molecule has 1 aliphatic heterocycles. The van der Waals surface area contributed by atoms with Crippen molar-refractivity contribution in [1.82, 2.24) is 5.32 Å². The van der Waals surface area contributed by atoms with E-state index in [2.05, 4.69) is 5.32 Å². The van der Waals surface area contributed by atoms with E-state index in [1.54, 1.807) is 32.9 Å². The van der Waals surface area contributed by atoms with Gasteiger partial charge in [-0.3, -0.25) is 4.79 Å². The summed E-state index contributed by atoms with van der Waals surface area (Å²) in [5.41, 5.74) is -1.74. The molecular formula is C19H26N2O7. The maximum Gasteiger partial charge on any atom is 0.408 e. The van der Waals surface area contributed by atoms with Crippen molar-refractivity contribution in [2.45, 2.75) is 51.9 Å². The molecule has 9 nitrogen and oxygen atoms in total. The van der Waals surface area contributed by atoms with E-state index < -0.39 is 35.2 Å². The van der Waals surface area contributed by atoms with Crippen LogP contribution < -0.4 is 19.7 Å². The van der Waals surface area contributed by atoms with E-state index in [4.69, 9.17) is 14.2 Å². The Bertz CT molecular complexity index is 783. The molecule has 1 heterocycles. The molecule has 0 radical (unpaired) electrons. The van der Waals surface area contributed by atoms with Crippen molar-refractivity contribution in [3.05, 3.63) is 18.2 Å². The Hall–Kier alpha value is -2.97. The first-order chi connectivity index (χ1) is 12.8. The number of hydrogen-bond donors (Lipinski definition) is 2. The molecule has 2 amide bonds. The molecule has 1 aromatic rings. The SMILES string of the molecule is CN1C(=O)[C@@H](NC(=O)OC(C)(C)C)COc2ccc(OC(C)(C)C(=O)O)cc21. The first-order valence-corrected chi connectivity index (χ1v) is 8.76. The molecular weight excluding hydrogens is 368 g/mol. The topological polar surface area (TPSA) is 114 Å². The van der Waals surface area contributed by atoms with Crippen LogP contribution in [-0.2, 0) is 14.3 Å². The van der Waals surface area contributed by atoms with Crippen molar-refractivity contribution in [2.75, 3.05) is 18.6 Å². The van der Waals surface area contributed by atoms with E-state index >= 15 is 0 Å². The van der Waals surface area contributed by atoms with Crippen LogP contribution in [0.2, 0.25) is 0 Å². The zero-order valence-corrected chi connectivity index (χ0v) is 16.9. The van der Waals surface area contributed by atoms with Crippen molar-refractivity contribution in [1.29, 1.82) is 0 Å². The third kappa shape index (κ3) is 5.05. The molecule has 0 fully saturated rings.